The van der Waals surface area contributed by atoms with Gasteiger partial charge in [-0.2, -0.15) is 13.2 Å². The summed E-state index contributed by atoms with van der Waals surface area (Å²) in [6, 6.07) is -0.0162. The van der Waals surface area contributed by atoms with Crippen LogP contribution in [0.3, 0.4) is 0 Å². The van der Waals surface area contributed by atoms with Crippen molar-refractivity contribution in [3.8, 4) is 0 Å². The second-order valence-electron chi connectivity index (χ2n) is 7.87. The van der Waals surface area contributed by atoms with E-state index >= 15 is 0 Å². The SMILES string of the molecule is CCNC(=NCCc1nc(C(C)(C)C)cs1)NC1CCN(CC(F)(F)F)C1.I. The summed E-state index contributed by atoms with van der Waals surface area (Å²) < 4.78 is 37.6. The Morgan fingerprint density at radius 3 is 2.64 bits per heavy atom. The number of guanidine groups is 1. The second-order valence-corrected chi connectivity index (χ2v) is 8.81. The van der Waals surface area contributed by atoms with E-state index in [2.05, 4.69) is 46.8 Å². The highest BCUT2D eigenvalue weighted by atomic mass is 127. The Bertz CT molecular complexity index is 627. The van der Waals surface area contributed by atoms with Gasteiger partial charge in [-0.15, -0.1) is 35.3 Å². The molecular formula is C18H31F3IN5S. The van der Waals surface area contributed by atoms with Gasteiger partial charge in [0, 0.05) is 49.4 Å². The van der Waals surface area contributed by atoms with Crippen molar-refractivity contribution in [2.45, 2.75) is 58.2 Å². The van der Waals surface area contributed by atoms with Gasteiger partial charge >= 0.3 is 6.18 Å². The number of alkyl halides is 3. The fraction of sp³-hybridized carbons (Fsp3) is 0.778. The van der Waals surface area contributed by atoms with Crippen LogP contribution in [0.5, 0.6) is 0 Å². The number of likely N-dealkylation sites (tertiary alicyclic amines) is 1. The van der Waals surface area contributed by atoms with Gasteiger partial charge in [0.15, 0.2) is 5.96 Å². The molecule has 1 aliphatic rings. The monoisotopic (exact) mass is 533 g/mol. The van der Waals surface area contributed by atoms with Gasteiger partial charge < -0.3 is 10.6 Å². The molecule has 0 bridgehead atoms. The van der Waals surface area contributed by atoms with E-state index in [0.717, 1.165) is 17.1 Å². The third kappa shape index (κ3) is 8.81. The van der Waals surface area contributed by atoms with Gasteiger partial charge in [-0.05, 0) is 13.3 Å². The first-order valence-electron chi connectivity index (χ1n) is 9.35. The van der Waals surface area contributed by atoms with E-state index in [1.807, 2.05) is 6.92 Å². The van der Waals surface area contributed by atoms with Crippen LogP contribution in [0.4, 0.5) is 13.2 Å². The van der Waals surface area contributed by atoms with E-state index in [1.54, 1.807) is 11.3 Å². The van der Waals surface area contributed by atoms with Crippen LogP contribution < -0.4 is 10.6 Å². The first-order chi connectivity index (χ1) is 12.6. The average Bonchev–Trinajstić information content (AvgIpc) is 3.15. The lowest BCUT2D eigenvalue weighted by molar-refractivity contribution is -0.143. The molecule has 28 heavy (non-hydrogen) atoms. The van der Waals surface area contributed by atoms with Gasteiger partial charge in [-0.1, -0.05) is 20.8 Å². The van der Waals surface area contributed by atoms with Crippen LogP contribution >= 0.6 is 35.3 Å². The molecule has 10 heteroatoms. The first kappa shape index (κ1) is 25.4. The Kier molecular flexibility index (Phi) is 9.95. The molecule has 0 amide bonds. The highest BCUT2D eigenvalue weighted by Gasteiger charge is 2.34. The topological polar surface area (TPSA) is 52.6 Å². The van der Waals surface area contributed by atoms with Gasteiger partial charge in [0.1, 0.15) is 0 Å². The van der Waals surface area contributed by atoms with Gasteiger partial charge in [0.2, 0.25) is 0 Å². The van der Waals surface area contributed by atoms with Crippen LogP contribution in [0.1, 0.15) is 44.8 Å². The number of hydrogen-bond acceptors (Lipinski definition) is 4. The molecule has 162 valence electrons. The van der Waals surface area contributed by atoms with Crippen molar-refractivity contribution >= 4 is 41.3 Å². The van der Waals surface area contributed by atoms with Crippen LogP contribution in [0, 0.1) is 0 Å². The molecule has 1 aromatic heterocycles. The molecule has 5 nitrogen and oxygen atoms in total. The summed E-state index contributed by atoms with van der Waals surface area (Å²) in [6.45, 7) is 9.66. The molecule has 2 N–H and O–H groups in total. The molecule has 0 aliphatic carbocycles. The third-order valence-corrected chi connectivity index (χ3v) is 5.18. The number of thiazole rings is 1. The van der Waals surface area contributed by atoms with Gasteiger partial charge in [0.25, 0.3) is 0 Å². The van der Waals surface area contributed by atoms with E-state index in [-0.39, 0.29) is 35.4 Å². The van der Waals surface area contributed by atoms with E-state index in [0.29, 0.717) is 38.6 Å². The van der Waals surface area contributed by atoms with Crippen LogP contribution in [0.15, 0.2) is 10.4 Å². The number of aromatic nitrogens is 1. The summed E-state index contributed by atoms with van der Waals surface area (Å²) in [5.74, 6) is 0.656. The van der Waals surface area contributed by atoms with Crippen molar-refractivity contribution < 1.29 is 13.2 Å². The number of halogens is 4. The first-order valence-corrected chi connectivity index (χ1v) is 10.2. The molecule has 1 fully saturated rings. The minimum atomic E-state index is -4.15. The number of nitrogens with zero attached hydrogens (tertiary/aromatic N) is 3. The van der Waals surface area contributed by atoms with E-state index < -0.39 is 12.7 Å². The summed E-state index contributed by atoms with van der Waals surface area (Å²) in [6.07, 6.45) is -2.71. The molecular weight excluding hydrogens is 502 g/mol. The molecule has 1 saturated heterocycles. The van der Waals surface area contributed by atoms with Crippen molar-refractivity contribution in [3.63, 3.8) is 0 Å². The standard InChI is InChI=1S/C18H30F3N5S.HI/c1-5-22-16(24-13-7-9-26(10-13)12-18(19,20)21)23-8-6-15-25-14(11-27-15)17(2,3)4;/h11,13H,5-10,12H2,1-4H3,(H2,22,23,24);1H. The number of nitrogens with one attached hydrogen (secondary N) is 2. The summed E-state index contributed by atoms with van der Waals surface area (Å²) in [4.78, 5) is 10.7. The third-order valence-electron chi connectivity index (χ3n) is 4.28. The maximum atomic E-state index is 12.5. The predicted molar refractivity (Wildman–Crippen MR) is 120 cm³/mol. The van der Waals surface area contributed by atoms with Crippen molar-refractivity contribution in [1.29, 1.82) is 0 Å². The minimum absolute atomic E-state index is 0. The molecule has 1 aliphatic heterocycles. The Hall–Kier alpha value is -0.620. The molecule has 1 unspecified atom stereocenters. The lowest BCUT2D eigenvalue weighted by Gasteiger charge is -2.19. The highest BCUT2D eigenvalue weighted by molar-refractivity contribution is 14.0. The highest BCUT2D eigenvalue weighted by Crippen LogP contribution is 2.24. The quantitative estimate of drug-likeness (QED) is 0.332. The molecule has 0 spiro atoms. The van der Waals surface area contributed by atoms with Gasteiger partial charge in [-0.3, -0.25) is 9.89 Å². The van der Waals surface area contributed by atoms with Crippen molar-refractivity contribution in [2.75, 3.05) is 32.7 Å². The summed E-state index contributed by atoms with van der Waals surface area (Å²) in [7, 11) is 0. The maximum Gasteiger partial charge on any atom is 0.401 e. The normalized spacial score (nSPS) is 18.8. The molecule has 2 rings (SSSR count). The summed E-state index contributed by atoms with van der Waals surface area (Å²) in [5.41, 5.74) is 1.13. The predicted octanol–water partition coefficient (Wildman–Crippen LogP) is 3.79. The van der Waals surface area contributed by atoms with Crippen LogP contribution in [0.25, 0.3) is 0 Å². The Morgan fingerprint density at radius 1 is 1.36 bits per heavy atom. The fourth-order valence-electron chi connectivity index (χ4n) is 2.89. The minimum Gasteiger partial charge on any atom is -0.357 e. The van der Waals surface area contributed by atoms with Crippen LogP contribution in [-0.4, -0.2) is 60.8 Å². The van der Waals surface area contributed by atoms with E-state index in [1.165, 1.54) is 4.90 Å². The lowest BCUT2D eigenvalue weighted by Crippen LogP contribution is -2.45. The zero-order valence-corrected chi connectivity index (χ0v) is 20.0. The lowest BCUT2D eigenvalue weighted by atomic mass is 9.93. The Labute approximate surface area is 186 Å². The molecule has 0 radical (unpaired) electrons. The Balaban J connectivity index is 0.00000392. The van der Waals surface area contributed by atoms with E-state index in [4.69, 9.17) is 0 Å². The molecule has 2 heterocycles. The second kappa shape index (κ2) is 11.0. The smallest absolute Gasteiger partial charge is 0.357 e. The average molecular weight is 533 g/mol. The zero-order chi connectivity index (χ0) is 20.1. The van der Waals surface area contributed by atoms with Crippen LogP contribution in [-0.2, 0) is 11.8 Å². The molecule has 0 aromatic carbocycles. The maximum absolute atomic E-state index is 12.5. The van der Waals surface area contributed by atoms with Crippen LogP contribution in [0.2, 0.25) is 0 Å². The largest absolute Gasteiger partial charge is 0.401 e. The Morgan fingerprint density at radius 2 is 2.07 bits per heavy atom. The van der Waals surface area contributed by atoms with Crippen molar-refractivity contribution in [2.24, 2.45) is 4.99 Å². The molecule has 1 aromatic rings. The number of rotatable bonds is 6. The molecule has 0 saturated carbocycles. The van der Waals surface area contributed by atoms with Gasteiger partial charge in [-0.25, -0.2) is 4.98 Å². The number of aliphatic imine (C=N–C) groups is 1. The van der Waals surface area contributed by atoms with Crippen molar-refractivity contribution in [1.82, 2.24) is 20.5 Å². The fourth-order valence-corrected chi connectivity index (χ4v) is 3.91. The van der Waals surface area contributed by atoms with Gasteiger partial charge in [0.05, 0.1) is 17.2 Å². The van der Waals surface area contributed by atoms with E-state index in [9.17, 15) is 13.2 Å². The summed E-state index contributed by atoms with van der Waals surface area (Å²) in [5, 5.41) is 9.58. The molecule has 1 atom stereocenters. The zero-order valence-electron chi connectivity index (χ0n) is 16.9. The van der Waals surface area contributed by atoms with Crippen molar-refractivity contribution in [3.05, 3.63) is 16.1 Å². The number of hydrogen-bond donors (Lipinski definition) is 2. The summed E-state index contributed by atoms with van der Waals surface area (Å²) >= 11 is 1.65.